The summed E-state index contributed by atoms with van der Waals surface area (Å²) < 4.78 is 0. The van der Waals surface area contributed by atoms with Crippen LogP contribution in [-0.4, -0.2) is 29.6 Å². The zero-order chi connectivity index (χ0) is 11.9. The Hall–Kier alpha value is -0.0800. The van der Waals surface area contributed by atoms with E-state index < -0.39 is 0 Å². The van der Waals surface area contributed by atoms with E-state index in [9.17, 15) is 0 Å². The van der Waals surface area contributed by atoms with Crippen molar-refractivity contribution in [3.63, 3.8) is 0 Å². The molecule has 0 aromatic rings. The number of rotatable bonds is 1. The smallest absolute Gasteiger partial charge is 0.0255 e. The standard InChI is InChI=1S/C14H28N2/c1-10-5-6-11(2)16(9-10)12-7-8-14(3,4)13(12)15/h10-13H,5-9,15H2,1-4H3. The Kier molecular flexibility index (Phi) is 3.33. The highest BCUT2D eigenvalue weighted by Crippen LogP contribution is 2.40. The maximum atomic E-state index is 6.45. The van der Waals surface area contributed by atoms with Crippen molar-refractivity contribution in [3.05, 3.63) is 0 Å². The molecule has 4 atom stereocenters. The van der Waals surface area contributed by atoms with E-state index in [1.165, 1.54) is 32.2 Å². The molecule has 2 aliphatic rings. The van der Waals surface area contributed by atoms with Crippen molar-refractivity contribution in [2.45, 2.75) is 71.5 Å². The predicted octanol–water partition coefficient (Wildman–Crippen LogP) is 2.62. The zero-order valence-electron chi connectivity index (χ0n) is 11.4. The van der Waals surface area contributed by atoms with E-state index in [0.29, 0.717) is 17.5 Å². The third-order valence-corrected chi connectivity index (χ3v) is 4.99. The van der Waals surface area contributed by atoms with Crippen LogP contribution >= 0.6 is 0 Å². The van der Waals surface area contributed by atoms with E-state index in [4.69, 9.17) is 5.73 Å². The van der Waals surface area contributed by atoms with E-state index in [2.05, 4.69) is 32.6 Å². The van der Waals surface area contributed by atoms with Crippen LogP contribution in [-0.2, 0) is 0 Å². The first kappa shape index (κ1) is 12.4. The molecule has 1 saturated heterocycles. The molecule has 0 bridgehead atoms. The lowest BCUT2D eigenvalue weighted by atomic mass is 9.85. The third-order valence-electron chi connectivity index (χ3n) is 4.99. The Balaban J connectivity index is 2.07. The Morgan fingerprint density at radius 2 is 1.81 bits per heavy atom. The van der Waals surface area contributed by atoms with Gasteiger partial charge in [0.15, 0.2) is 0 Å². The lowest BCUT2D eigenvalue weighted by Crippen LogP contribution is -2.54. The molecule has 0 amide bonds. The van der Waals surface area contributed by atoms with Gasteiger partial charge in [0.2, 0.25) is 0 Å². The van der Waals surface area contributed by atoms with Crippen molar-refractivity contribution in [3.8, 4) is 0 Å². The Labute approximate surface area is 101 Å². The fourth-order valence-corrected chi connectivity index (χ4v) is 3.54. The number of nitrogens with zero attached hydrogens (tertiary/aromatic N) is 1. The van der Waals surface area contributed by atoms with Gasteiger partial charge >= 0.3 is 0 Å². The lowest BCUT2D eigenvalue weighted by Gasteiger charge is -2.43. The van der Waals surface area contributed by atoms with Gasteiger partial charge in [0.1, 0.15) is 0 Å². The second-order valence-corrected chi connectivity index (χ2v) is 6.85. The third kappa shape index (κ3) is 2.14. The quantitative estimate of drug-likeness (QED) is 0.742. The predicted molar refractivity (Wildman–Crippen MR) is 69.3 cm³/mol. The maximum Gasteiger partial charge on any atom is 0.0255 e. The fourth-order valence-electron chi connectivity index (χ4n) is 3.54. The molecule has 2 N–H and O–H groups in total. The fraction of sp³-hybridized carbons (Fsp3) is 1.00. The molecule has 2 heteroatoms. The van der Waals surface area contributed by atoms with Crippen molar-refractivity contribution >= 4 is 0 Å². The number of hydrogen-bond acceptors (Lipinski definition) is 2. The van der Waals surface area contributed by atoms with Gasteiger partial charge in [0.25, 0.3) is 0 Å². The number of hydrogen-bond donors (Lipinski definition) is 1. The Bertz CT molecular complexity index is 249. The Morgan fingerprint density at radius 1 is 1.12 bits per heavy atom. The van der Waals surface area contributed by atoms with E-state index in [-0.39, 0.29) is 0 Å². The highest BCUT2D eigenvalue weighted by molar-refractivity contribution is 5.01. The Morgan fingerprint density at radius 3 is 2.38 bits per heavy atom. The van der Waals surface area contributed by atoms with Gasteiger partial charge in [-0.05, 0) is 43.9 Å². The minimum atomic E-state index is 0.338. The number of piperidine rings is 1. The molecular formula is C14H28N2. The first-order valence-corrected chi connectivity index (χ1v) is 6.93. The van der Waals surface area contributed by atoms with Crippen LogP contribution in [0.3, 0.4) is 0 Å². The lowest BCUT2D eigenvalue weighted by molar-refractivity contribution is 0.0645. The van der Waals surface area contributed by atoms with Gasteiger partial charge in [0.05, 0.1) is 0 Å². The molecule has 2 fully saturated rings. The second kappa shape index (κ2) is 4.30. The van der Waals surface area contributed by atoms with Gasteiger partial charge in [-0.15, -0.1) is 0 Å². The average molecular weight is 224 g/mol. The molecular weight excluding hydrogens is 196 g/mol. The number of likely N-dealkylation sites (tertiary alicyclic amines) is 1. The van der Waals surface area contributed by atoms with E-state index in [1.807, 2.05) is 0 Å². The first-order valence-electron chi connectivity index (χ1n) is 6.93. The molecule has 1 aliphatic carbocycles. The van der Waals surface area contributed by atoms with Crippen LogP contribution in [0.4, 0.5) is 0 Å². The van der Waals surface area contributed by atoms with Crippen LogP contribution in [0.1, 0.15) is 53.4 Å². The molecule has 0 aromatic carbocycles. The van der Waals surface area contributed by atoms with Crippen molar-refractivity contribution in [1.82, 2.24) is 4.90 Å². The van der Waals surface area contributed by atoms with Gasteiger partial charge in [-0.25, -0.2) is 0 Å². The van der Waals surface area contributed by atoms with Crippen LogP contribution in [0, 0.1) is 11.3 Å². The SMILES string of the molecule is CC1CCC(C)N(C2CCC(C)(C)C2N)C1. The average Bonchev–Trinajstić information content (AvgIpc) is 2.47. The summed E-state index contributed by atoms with van der Waals surface area (Å²) in [6, 6.07) is 1.73. The van der Waals surface area contributed by atoms with Gasteiger partial charge < -0.3 is 5.73 Å². The van der Waals surface area contributed by atoms with Gasteiger partial charge in [-0.2, -0.15) is 0 Å². The number of nitrogens with two attached hydrogens (primary N) is 1. The van der Waals surface area contributed by atoms with E-state index in [0.717, 1.165) is 12.0 Å². The molecule has 0 radical (unpaired) electrons. The topological polar surface area (TPSA) is 29.3 Å². The summed E-state index contributed by atoms with van der Waals surface area (Å²) in [6.45, 7) is 10.7. The molecule has 2 rings (SSSR count). The minimum Gasteiger partial charge on any atom is -0.326 e. The highest BCUT2D eigenvalue weighted by atomic mass is 15.2. The second-order valence-electron chi connectivity index (χ2n) is 6.85. The largest absolute Gasteiger partial charge is 0.326 e. The van der Waals surface area contributed by atoms with Crippen molar-refractivity contribution in [1.29, 1.82) is 0 Å². The maximum absolute atomic E-state index is 6.45. The molecule has 2 nitrogen and oxygen atoms in total. The van der Waals surface area contributed by atoms with Crippen LogP contribution in [0.5, 0.6) is 0 Å². The van der Waals surface area contributed by atoms with Gasteiger partial charge in [-0.1, -0.05) is 20.8 Å². The molecule has 16 heavy (non-hydrogen) atoms. The van der Waals surface area contributed by atoms with Crippen LogP contribution < -0.4 is 5.73 Å². The first-order chi connectivity index (χ1) is 7.42. The molecule has 0 spiro atoms. The van der Waals surface area contributed by atoms with Crippen LogP contribution in [0.15, 0.2) is 0 Å². The summed E-state index contributed by atoms with van der Waals surface area (Å²) in [5, 5.41) is 0. The van der Waals surface area contributed by atoms with Gasteiger partial charge in [0, 0.05) is 24.7 Å². The summed E-state index contributed by atoms with van der Waals surface area (Å²) in [4.78, 5) is 2.70. The summed E-state index contributed by atoms with van der Waals surface area (Å²) >= 11 is 0. The normalized spacial score (nSPS) is 44.8. The molecule has 1 aliphatic heterocycles. The van der Waals surface area contributed by atoms with Crippen molar-refractivity contribution in [2.24, 2.45) is 17.1 Å². The molecule has 94 valence electrons. The van der Waals surface area contributed by atoms with E-state index in [1.54, 1.807) is 0 Å². The molecule has 1 heterocycles. The van der Waals surface area contributed by atoms with Crippen LogP contribution in [0.2, 0.25) is 0 Å². The monoisotopic (exact) mass is 224 g/mol. The van der Waals surface area contributed by atoms with E-state index >= 15 is 0 Å². The molecule has 1 saturated carbocycles. The summed E-state index contributed by atoms with van der Waals surface area (Å²) in [5.74, 6) is 0.854. The molecule has 4 unspecified atom stereocenters. The molecule has 0 aromatic heterocycles. The summed E-state index contributed by atoms with van der Waals surface area (Å²) in [7, 11) is 0. The van der Waals surface area contributed by atoms with Crippen molar-refractivity contribution < 1.29 is 0 Å². The van der Waals surface area contributed by atoms with Gasteiger partial charge in [-0.3, -0.25) is 4.90 Å². The summed E-state index contributed by atoms with van der Waals surface area (Å²) in [5.41, 5.74) is 6.79. The summed E-state index contributed by atoms with van der Waals surface area (Å²) in [6.07, 6.45) is 5.33. The zero-order valence-corrected chi connectivity index (χ0v) is 11.4. The van der Waals surface area contributed by atoms with Crippen molar-refractivity contribution in [2.75, 3.05) is 6.54 Å². The minimum absolute atomic E-state index is 0.338. The van der Waals surface area contributed by atoms with Crippen LogP contribution in [0.25, 0.3) is 0 Å². The highest BCUT2D eigenvalue weighted by Gasteiger charge is 2.44.